The summed E-state index contributed by atoms with van der Waals surface area (Å²) in [7, 11) is 0. The van der Waals surface area contributed by atoms with E-state index in [0.29, 0.717) is 26.3 Å². The Morgan fingerprint density at radius 2 is 1.94 bits per heavy atom. The molecule has 0 aliphatic heterocycles. The zero-order valence-electron chi connectivity index (χ0n) is 10.9. The van der Waals surface area contributed by atoms with Gasteiger partial charge in [0.1, 0.15) is 5.54 Å². The summed E-state index contributed by atoms with van der Waals surface area (Å²) in [5.74, 6) is -1.03. The van der Waals surface area contributed by atoms with Gasteiger partial charge in [-0.05, 0) is 27.7 Å². The Labute approximate surface area is 102 Å². The van der Waals surface area contributed by atoms with Crippen molar-refractivity contribution in [1.82, 2.24) is 10.2 Å². The van der Waals surface area contributed by atoms with E-state index in [2.05, 4.69) is 5.32 Å². The monoisotopic (exact) mass is 246 g/mol. The minimum absolute atomic E-state index is 0.333. The van der Waals surface area contributed by atoms with Gasteiger partial charge in [-0.2, -0.15) is 0 Å². The molecule has 2 N–H and O–H groups in total. The van der Waals surface area contributed by atoms with Crippen LogP contribution in [0.15, 0.2) is 0 Å². The number of likely N-dealkylation sites (N-methyl/N-ethyl adjacent to an activating group) is 1. The maximum atomic E-state index is 11.8. The van der Waals surface area contributed by atoms with Crippen LogP contribution in [0.5, 0.6) is 0 Å². The first-order valence-electron chi connectivity index (χ1n) is 5.74. The number of nitrogens with one attached hydrogen (secondary N) is 1. The topological polar surface area (TPSA) is 78.9 Å². The number of aliphatic carboxylic acids is 1. The molecule has 0 aromatic rings. The quantitative estimate of drug-likeness (QED) is 0.655. The lowest BCUT2D eigenvalue weighted by Crippen LogP contribution is -2.56. The summed E-state index contributed by atoms with van der Waals surface area (Å²) in [6.45, 7) is 8.34. The summed E-state index contributed by atoms with van der Waals surface area (Å²) in [6, 6.07) is -0.389. The van der Waals surface area contributed by atoms with Crippen LogP contribution < -0.4 is 5.32 Å². The highest BCUT2D eigenvalue weighted by Crippen LogP contribution is 2.14. The second-order valence-electron chi connectivity index (χ2n) is 4.04. The summed E-state index contributed by atoms with van der Waals surface area (Å²) in [5.41, 5.74) is -1.22. The molecule has 0 aromatic carbocycles. The molecule has 0 aliphatic rings. The number of carbonyl (C=O) groups is 2. The maximum Gasteiger partial charge on any atom is 0.329 e. The number of ether oxygens (including phenoxy) is 1. The number of carbonyl (C=O) groups excluding carboxylic acids is 1. The van der Waals surface area contributed by atoms with Crippen LogP contribution in [0, 0.1) is 0 Å². The summed E-state index contributed by atoms with van der Waals surface area (Å²) in [5, 5.41) is 11.7. The molecule has 17 heavy (non-hydrogen) atoms. The summed E-state index contributed by atoms with van der Waals surface area (Å²) in [6.07, 6.45) is 0. The van der Waals surface area contributed by atoms with Crippen LogP contribution in [0.1, 0.15) is 27.7 Å². The van der Waals surface area contributed by atoms with Crippen LogP contribution in [0.3, 0.4) is 0 Å². The number of nitrogens with zero attached hydrogens (tertiary/aromatic N) is 1. The molecule has 2 amide bonds. The molecule has 0 aliphatic carbocycles. The van der Waals surface area contributed by atoms with E-state index in [9.17, 15) is 9.59 Å². The van der Waals surface area contributed by atoms with Gasteiger partial charge < -0.3 is 20.1 Å². The fraction of sp³-hybridized carbons (Fsp3) is 0.818. The standard InChI is InChI=1S/C11H22N2O4/c1-5-13(11(3,4)9(14)15)10(16)12-7-8-17-6-2/h5-8H2,1-4H3,(H,12,16)(H,14,15). The molecule has 0 aromatic heterocycles. The lowest BCUT2D eigenvalue weighted by molar-refractivity contribution is -0.147. The summed E-state index contributed by atoms with van der Waals surface area (Å²) >= 11 is 0. The lowest BCUT2D eigenvalue weighted by atomic mass is 10.0. The molecule has 0 saturated heterocycles. The van der Waals surface area contributed by atoms with Gasteiger partial charge in [-0.15, -0.1) is 0 Å². The van der Waals surface area contributed by atoms with Crippen molar-refractivity contribution in [1.29, 1.82) is 0 Å². The van der Waals surface area contributed by atoms with Gasteiger partial charge in [-0.3, -0.25) is 0 Å². The zero-order chi connectivity index (χ0) is 13.5. The van der Waals surface area contributed by atoms with Crippen LogP contribution in [-0.4, -0.2) is 53.8 Å². The normalized spacial score (nSPS) is 11.1. The number of hydrogen-bond donors (Lipinski definition) is 2. The molecule has 0 rings (SSSR count). The van der Waals surface area contributed by atoms with Gasteiger partial charge in [0.15, 0.2) is 0 Å². The Kier molecular flexibility index (Phi) is 6.57. The molecule has 0 atom stereocenters. The van der Waals surface area contributed by atoms with Crippen LogP contribution in [-0.2, 0) is 9.53 Å². The highest BCUT2D eigenvalue weighted by atomic mass is 16.5. The van der Waals surface area contributed by atoms with E-state index >= 15 is 0 Å². The molecule has 0 heterocycles. The molecule has 6 nitrogen and oxygen atoms in total. The molecule has 0 fully saturated rings. The molecular weight excluding hydrogens is 224 g/mol. The van der Waals surface area contributed by atoms with Gasteiger partial charge in [-0.1, -0.05) is 0 Å². The first-order chi connectivity index (χ1) is 7.87. The van der Waals surface area contributed by atoms with E-state index in [1.165, 1.54) is 18.7 Å². The van der Waals surface area contributed by atoms with Crippen molar-refractivity contribution in [3.63, 3.8) is 0 Å². The number of amides is 2. The van der Waals surface area contributed by atoms with E-state index in [1.807, 2.05) is 6.92 Å². The molecule has 0 radical (unpaired) electrons. The number of carboxylic acid groups (broad SMARTS) is 1. The van der Waals surface area contributed by atoms with Gasteiger partial charge in [-0.25, -0.2) is 9.59 Å². The minimum atomic E-state index is -1.22. The van der Waals surface area contributed by atoms with E-state index < -0.39 is 11.5 Å². The van der Waals surface area contributed by atoms with Crippen molar-refractivity contribution in [2.75, 3.05) is 26.3 Å². The van der Waals surface area contributed by atoms with Crippen LogP contribution >= 0.6 is 0 Å². The number of urea groups is 1. The second kappa shape index (κ2) is 7.11. The number of carboxylic acids is 1. The van der Waals surface area contributed by atoms with Gasteiger partial charge in [0.25, 0.3) is 0 Å². The molecule has 0 unspecified atom stereocenters. The van der Waals surface area contributed by atoms with Gasteiger partial charge in [0.05, 0.1) is 6.61 Å². The first-order valence-corrected chi connectivity index (χ1v) is 5.74. The molecule has 100 valence electrons. The SMILES string of the molecule is CCOCCNC(=O)N(CC)C(C)(C)C(=O)O. The van der Waals surface area contributed by atoms with Crippen molar-refractivity contribution >= 4 is 12.0 Å². The van der Waals surface area contributed by atoms with Crippen molar-refractivity contribution in [2.45, 2.75) is 33.2 Å². The summed E-state index contributed by atoms with van der Waals surface area (Å²) < 4.78 is 5.08. The van der Waals surface area contributed by atoms with E-state index in [-0.39, 0.29) is 6.03 Å². The Morgan fingerprint density at radius 1 is 1.35 bits per heavy atom. The third-order valence-electron chi connectivity index (χ3n) is 2.49. The third-order valence-corrected chi connectivity index (χ3v) is 2.49. The fourth-order valence-corrected chi connectivity index (χ4v) is 1.38. The van der Waals surface area contributed by atoms with Gasteiger partial charge >= 0.3 is 12.0 Å². The van der Waals surface area contributed by atoms with E-state index in [1.54, 1.807) is 6.92 Å². The number of rotatable bonds is 7. The highest BCUT2D eigenvalue weighted by Gasteiger charge is 2.36. The molecular formula is C11H22N2O4. The van der Waals surface area contributed by atoms with E-state index in [4.69, 9.17) is 9.84 Å². The predicted octanol–water partition coefficient (Wildman–Crippen LogP) is 0.918. The molecule has 6 heteroatoms. The van der Waals surface area contributed by atoms with Crippen molar-refractivity contribution in [3.8, 4) is 0 Å². The lowest BCUT2D eigenvalue weighted by Gasteiger charge is -2.34. The van der Waals surface area contributed by atoms with Crippen molar-refractivity contribution < 1.29 is 19.4 Å². The second-order valence-corrected chi connectivity index (χ2v) is 4.04. The van der Waals surface area contributed by atoms with Crippen LogP contribution in [0.25, 0.3) is 0 Å². The van der Waals surface area contributed by atoms with Crippen molar-refractivity contribution in [3.05, 3.63) is 0 Å². The maximum absolute atomic E-state index is 11.8. The fourth-order valence-electron chi connectivity index (χ4n) is 1.38. The van der Waals surface area contributed by atoms with E-state index in [0.717, 1.165) is 0 Å². The van der Waals surface area contributed by atoms with Crippen molar-refractivity contribution in [2.24, 2.45) is 0 Å². The number of hydrogen-bond acceptors (Lipinski definition) is 3. The Bertz CT molecular complexity index is 266. The molecule has 0 spiro atoms. The van der Waals surface area contributed by atoms with Gasteiger partial charge in [0.2, 0.25) is 0 Å². The Balaban J connectivity index is 4.36. The third kappa shape index (κ3) is 4.60. The molecule has 0 saturated carbocycles. The Morgan fingerprint density at radius 3 is 2.35 bits per heavy atom. The zero-order valence-corrected chi connectivity index (χ0v) is 10.9. The molecule has 0 bridgehead atoms. The minimum Gasteiger partial charge on any atom is -0.480 e. The highest BCUT2D eigenvalue weighted by molar-refractivity contribution is 5.85. The average molecular weight is 246 g/mol. The largest absolute Gasteiger partial charge is 0.480 e. The first kappa shape index (κ1) is 15.7. The average Bonchev–Trinajstić information content (AvgIpc) is 2.24. The van der Waals surface area contributed by atoms with Crippen LogP contribution in [0.2, 0.25) is 0 Å². The smallest absolute Gasteiger partial charge is 0.329 e. The van der Waals surface area contributed by atoms with Gasteiger partial charge in [0, 0.05) is 19.7 Å². The Hall–Kier alpha value is -1.30. The van der Waals surface area contributed by atoms with Crippen LogP contribution in [0.4, 0.5) is 4.79 Å². The summed E-state index contributed by atoms with van der Waals surface area (Å²) in [4.78, 5) is 24.1. The predicted molar refractivity (Wildman–Crippen MR) is 64.0 cm³/mol.